The monoisotopic (exact) mass is 459 g/mol. The van der Waals surface area contributed by atoms with E-state index in [4.69, 9.17) is 0 Å². The smallest absolute Gasteiger partial charge is 0.253 e. The molecule has 0 unspecified atom stereocenters. The van der Waals surface area contributed by atoms with Crippen LogP contribution in [-0.4, -0.2) is 24.3 Å². The molecule has 0 bridgehead atoms. The van der Waals surface area contributed by atoms with Crippen LogP contribution in [0.4, 0.5) is 15.8 Å². The number of benzene rings is 3. The van der Waals surface area contributed by atoms with Crippen LogP contribution in [0.15, 0.2) is 66.7 Å². The van der Waals surface area contributed by atoms with Crippen molar-refractivity contribution >= 4 is 29.1 Å². The van der Waals surface area contributed by atoms with Crippen LogP contribution in [0.25, 0.3) is 0 Å². The number of hydrogen-bond donors (Lipinski definition) is 2. The zero-order valence-electron chi connectivity index (χ0n) is 19.1. The van der Waals surface area contributed by atoms with Crippen molar-refractivity contribution in [3.8, 4) is 0 Å². The largest absolute Gasteiger partial charge is 0.348 e. The molecule has 0 radical (unpaired) electrons. The molecular formula is C27H26FN3O3. The molecule has 1 atom stereocenters. The van der Waals surface area contributed by atoms with Crippen molar-refractivity contribution in [2.75, 3.05) is 16.8 Å². The molecule has 0 saturated carbocycles. The van der Waals surface area contributed by atoms with Crippen LogP contribution in [0.2, 0.25) is 0 Å². The topological polar surface area (TPSA) is 78.5 Å². The van der Waals surface area contributed by atoms with Crippen LogP contribution < -0.4 is 15.5 Å². The first-order valence-corrected chi connectivity index (χ1v) is 11.1. The summed E-state index contributed by atoms with van der Waals surface area (Å²) in [6.45, 7) is 4.46. The van der Waals surface area contributed by atoms with Gasteiger partial charge < -0.3 is 15.5 Å². The molecule has 0 aliphatic carbocycles. The predicted octanol–water partition coefficient (Wildman–Crippen LogP) is 4.36. The van der Waals surface area contributed by atoms with Crippen LogP contribution in [0.5, 0.6) is 0 Å². The van der Waals surface area contributed by atoms with E-state index in [1.165, 1.54) is 12.1 Å². The number of halogens is 1. The average molecular weight is 460 g/mol. The van der Waals surface area contributed by atoms with E-state index < -0.39 is 5.92 Å². The van der Waals surface area contributed by atoms with E-state index in [9.17, 15) is 18.8 Å². The second-order valence-corrected chi connectivity index (χ2v) is 8.47. The van der Waals surface area contributed by atoms with Gasteiger partial charge in [0.1, 0.15) is 5.82 Å². The summed E-state index contributed by atoms with van der Waals surface area (Å²) in [5.41, 5.74) is 4.36. The molecule has 4 rings (SSSR count). The van der Waals surface area contributed by atoms with Crippen LogP contribution in [0, 0.1) is 25.6 Å². The fraction of sp³-hybridized carbons (Fsp3) is 0.222. The number of rotatable bonds is 6. The molecule has 1 aliphatic rings. The first kappa shape index (κ1) is 23.2. The SMILES string of the molecule is Cc1cccc(N2C[C@@H](C(=O)Nc3ccccc3C(=O)NCc3ccc(F)cc3)CC2=O)c1C. The van der Waals surface area contributed by atoms with Crippen molar-refractivity contribution in [2.24, 2.45) is 5.92 Å². The lowest BCUT2D eigenvalue weighted by Gasteiger charge is -2.20. The highest BCUT2D eigenvalue weighted by Crippen LogP contribution is 2.30. The Labute approximate surface area is 197 Å². The number of aryl methyl sites for hydroxylation is 1. The Morgan fingerprint density at radius 2 is 1.74 bits per heavy atom. The highest BCUT2D eigenvalue weighted by Gasteiger charge is 2.36. The molecule has 1 saturated heterocycles. The van der Waals surface area contributed by atoms with Gasteiger partial charge in [0.25, 0.3) is 5.91 Å². The Morgan fingerprint density at radius 3 is 2.50 bits per heavy atom. The van der Waals surface area contributed by atoms with Crippen LogP contribution in [-0.2, 0) is 16.1 Å². The van der Waals surface area contributed by atoms with E-state index in [0.717, 1.165) is 22.4 Å². The molecule has 1 heterocycles. The summed E-state index contributed by atoms with van der Waals surface area (Å²) in [4.78, 5) is 40.1. The lowest BCUT2D eigenvalue weighted by atomic mass is 10.1. The maximum atomic E-state index is 13.1. The molecular weight excluding hydrogens is 433 g/mol. The lowest BCUT2D eigenvalue weighted by Crippen LogP contribution is -2.30. The molecule has 0 aromatic heterocycles. The minimum absolute atomic E-state index is 0.0980. The number of carbonyl (C=O) groups is 3. The molecule has 34 heavy (non-hydrogen) atoms. The highest BCUT2D eigenvalue weighted by molar-refractivity contribution is 6.07. The van der Waals surface area contributed by atoms with Gasteiger partial charge in [-0.05, 0) is 60.9 Å². The van der Waals surface area contributed by atoms with Crippen molar-refractivity contribution in [3.05, 3.63) is 94.8 Å². The molecule has 6 nitrogen and oxygen atoms in total. The average Bonchev–Trinajstić information content (AvgIpc) is 3.22. The Balaban J connectivity index is 1.43. The summed E-state index contributed by atoms with van der Waals surface area (Å²) in [6, 6.07) is 18.4. The van der Waals surface area contributed by atoms with Gasteiger partial charge in [-0.2, -0.15) is 0 Å². The van der Waals surface area contributed by atoms with E-state index in [1.54, 1.807) is 41.3 Å². The van der Waals surface area contributed by atoms with E-state index in [1.807, 2.05) is 32.0 Å². The standard InChI is InChI=1S/C27H26FN3O3/c1-17-6-5-9-24(18(17)2)31-16-20(14-25(31)32)26(33)30-23-8-4-3-7-22(23)27(34)29-15-19-10-12-21(28)13-11-19/h3-13,20H,14-16H2,1-2H3,(H,29,34)(H,30,33)/t20-/m0/s1. The Hall–Kier alpha value is -4.00. The summed E-state index contributed by atoms with van der Waals surface area (Å²) in [5, 5.41) is 5.62. The van der Waals surface area contributed by atoms with Crippen LogP contribution >= 0.6 is 0 Å². The van der Waals surface area contributed by atoms with Gasteiger partial charge in [-0.1, -0.05) is 36.4 Å². The molecule has 1 fully saturated rings. The quantitative estimate of drug-likeness (QED) is 0.575. The molecule has 0 spiro atoms. The predicted molar refractivity (Wildman–Crippen MR) is 129 cm³/mol. The van der Waals surface area contributed by atoms with Crippen molar-refractivity contribution in [1.82, 2.24) is 5.32 Å². The number of amides is 3. The Kier molecular flexibility index (Phi) is 6.72. The first-order valence-electron chi connectivity index (χ1n) is 11.1. The van der Waals surface area contributed by atoms with Gasteiger partial charge in [0, 0.05) is 25.2 Å². The van der Waals surface area contributed by atoms with Crippen molar-refractivity contribution < 1.29 is 18.8 Å². The van der Waals surface area contributed by atoms with Gasteiger partial charge >= 0.3 is 0 Å². The highest BCUT2D eigenvalue weighted by atomic mass is 19.1. The Bertz CT molecular complexity index is 1240. The van der Waals surface area contributed by atoms with Gasteiger partial charge in [0.15, 0.2) is 0 Å². The van der Waals surface area contributed by atoms with Gasteiger partial charge in [-0.3, -0.25) is 14.4 Å². The van der Waals surface area contributed by atoms with E-state index in [2.05, 4.69) is 10.6 Å². The van der Waals surface area contributed by atoms with Gasteiger partial charge in [0.2, 0.25) is 11.8 Å². The molecule has 174 valence electrons. The first-order chi connectivity index (χ1) is 16.3. The number of nitrogens with zero attached hydrogens (tertiary/aromatic N) is 1. The van der Waals surface area contributed by atoms with E-state index >= 15 is 0 Å². The van der Waals surface area contributed by atoms with Gasteiger partial charge in [0.05, 0.1) is 17.2 Å². The molecule has 1 aliphatic heterocycles. The summed E-state index contributed by atoms with van der Waals surface area (Å²) in [6.07, 6.45) is 0.109. The molecule has 3 aromatic rings. The molecule has 2 N–H and O–H groups in total. The number of hydrogen-bond acceptors (Lipinski definition) is 3. The fourth-order valence-corrected chi connectivity index (χ4v) is 4.05. The maximum absolute atomic E-state index is 13.1. The normalized spacial score (nSPS) is 15.3. The van der Waals surface area contributed by atoms with Crippen molar-refractivity contribution in [2.45, 2.75) is 26.8 Å². The second-order valence-electron chi connectivity index (χ2n) is 8.47. The third kappa shape index (κ3) is 4.98. The summed E-state index contributed by atoms with van der Waals surface area (Å²) >= 11 is 0. The fourth-order valence-electron chi connectivity index (χ4n) is 4.05. The summed E-state index contributed by atoms with van der Waals surface area (Å²) in [7, 11) is 0. The minimum Gasteiger partial charge on any atom is -0.348 e. The summed E-state index contributed by atoms with van der Waals surface area (Å²) < 4.78 is 13.1. The van der Waals surface area contributed by atoms with Crippen LogP contribution in [0.3, 0.4) is 0 Å². The maximum Gasteiger partial charge on any atom is 0.253 e. The van der Waals surface area contributed by atoms with E-state index in [-0.39, 0.29) is 43.0 Å². The number of anilines is 2. The molecule has 3 aromatic carbocycles. The second kappa shape index (κ2) is 9.87. The Morgan fingerprint density at radius 1 is 1.00 bits per heavy atom. The van der Waals surface area contributed by atoms with Crippen LogP contribution in [0.1, 0.15) is 33.5 Å². The molecule has 3 amide bonds. The lowest BCUT2D eigenvalue weighted by molar-refractivity contribution is -0.122. The number of nitrogens with one attached hydrogen (secondary N) is 2. The zero-order chi connectivity index (χ0) is 24.2. The number of para-hydroxylation sites is 1. The zero-order valence-corrected chi connectivity index (χ0v) is 19.1. The summed E-state index contributed by atoms with van der Waals surface area (Å²) in [5.74, 6) is -1.63. The van der Waals surface area contributed by atoms with Gasteiger partial charge in [-0.25, -0.2) is 4.39 Å². The van der Waals surface area contributed by atoms with E-state index in [0.29, 0.717) is 11.3 Å². The van der Waals surface area contributed by atoms with Crippen molar-refractivity contribution in [3.63, 3.8) is 0 Å². The number of carbonyl (C=O) groups excluding carboxylic acids is 3. The third-order valence-corrected chi connectivity index (χ3v) is 6.16. The molecule has 7 heteroatoms. The van der Waals surface area contributed by atoms with Gasteiger partial charge in [-0.15, -0.1) is 0 Å². The van der Waals surface area contributed by atoms with Crippen molar-refractivity contribution in [1.29, 1.82) is 0 Å². The third-order valence-electron chi connectivity index (χ3n) is 6.16. The minimum atomic E-state index is -0.525.